The largest absolute Gasteiger partial charge is 0.368 e. The molecule has 6 rings (SSSR count). The number of benzene rings is 1. The van der Waals surface area contributed by atoms with E-state index in [9.17, 15) is 0 Å². The first-order chi connectivity index (χ1) is 19.3. The van der Waals surface area contributed by atoms with Crippen LogP contribution >= 0.6 is 0 Å². The summed E-state index contributed by atoms with van der Waals surface area (Å²) in [6.45, 7) is 19.4. The fourth-order valence-electron chi connectivity index (χ4n) is 6.23. The fraction of sp³-hybridized carbons (Fsp3) is 0.303. The maximum absolute atomic E-state index is 6.54. The lowest BCUT2D eigenvalue weighted by Gasteiger charge is -2.45. The monoisotopic (exact) mass is 526 g/mol. The summed E-state index contributed by atoms with van der Waals surface area (Å²) in [5.41, 5.74) is 10.2. The van der Waals surface area contributed by atoms with E-state index in [4.69, 9.17) is 22.8 Å². The quantitative estimate of drug-likeness (QED) is 0.338. The number of amidine groups is 1. The Labute approximate surface area is 238 Å². The van der Waals surface area contributed by atoms with E-state index >= 15 is 0 Å². The number of hydrogen-bond donors (Lipinski definition) is 0. The van der Waals surface area contributed by atoms with Crippen LogP contribution in [0, 0.1) is 6.92 Å². The van der Waals surface area contributed by atoms with Gasteiger partial charge in [0.2, 0.25) is 0 Å². The molecule has 2 aromatic heterocycles. The number of rotatable bonds is 4. The number of aryl methyl sites for hydroxylation is 2. The zero-order valence-corrected chi connectivity index (χ0v) is 23.9. The normalized spacial score (nSPS) is 19.8. The van der Waals surface area contributed by atoms with E-state index in [0.717, 1.165) is 82.8 Å². The van der Waals surface area contributed by atoms with Crippen LogP contribution in [-0.4, -0.2) is 59.1 Å². The number of allylic oxidation sites excluding steroid dienone is 2. The van der Waals surface area contributed by atoms with E-state index in [1.54, 1.807) is 0 Å². The van der Waals surface area contributed by atoms with Crippen LogP contribution in [0.15, 0.2) is 84.5 Å². The number of anilines is 2. The van der Waals surface area contributed by atoms with Crippen molar-refractivity contribution >= 4 is 30.5 Å². The molecule has 3 aliphatic heterocycles. The molecule has 7 heteroatoms. The van der Waals surface area contributed by atoms with Gasteiger partial charge in [-0.25, -0.2) is 4.99 Å². The summed E-state index contributed by atoms with van der Waals surface area (Å²) in [5.74, 6) is 2.04. The maximum Gasteiger partial charge on any atom is 0.142 e. The summed E-state index contributed by atoms with van der Waals surface area (Å²) in [6.07, 6.45) is 8.82. The smallest absolute Gasteiger partial charge is 0.142 e. The Morgan fingerprint density at radius 3 is 2.75 bits per heavy atom. The number of piperazine rings is 1. The third-order valence-corrected chi connectivity index (χ3v) is 8.38. The number of nitrogens with zero attached hydrogens (tertiary/aromatic N) is 6. The van der Waals surface area contributed by atoms with Gasteiger partial charge in [0.25, 0.3) is 0 Å². The average Bonchev–Trinajstić information content (AvgIpc) is 2.96. The number of aromatic nitrogens is 2. The Hall–Kier alpha value is -4.13. The molecule has 40 heavy (non-hydrogen) atoms. The first kappa shape index (κ1) is 26.1. The fourth-order valence-corrected chi connectivity index (χ4v) is 6.23. The molecular formula is C33H35BN6. The molecular weight excluding hydrogens is 491 g/mol. The number of pyridine rings is 2. The van der Waals surface area contributed by atoms with Gasteiger partial charge in [0.1, 0.15) is 19.5 Å². The molecule has 1 saturated heterocycles. The third kappa shape index (κ3) is 4.15. The molecule has 200 valence electrons. The van der Waals surface area contributed by atoms with Gasteiger partial charge in [-0.2, -0.15) is 0 Å². The SMILES string of the molecule is [B]c1cccc(CC)c1-c1cc2c(cn1)C(N1CCN(C(=C)C=C)CC1C)=NC1=CC(C)c3nccc(C)c3N12. The first-order valence-electron chi connectivity index (χ1n) is 14.1. The van der Waals surface area contributed by atoms with E-state index in [2.05, 4.69) is 79.8 Å². The van der Waals surface area contributed by atoms with Crippen molar-refractivity contribution in [3.05, 3.63) is 102 Å². The van der Waals surface area contributed by atoms with E-state index < -0.39 is 0 Å². The van der Waals surface area contributed by atoms with Gasteiger partial charge in [-0.15, -0.1) is 0 Å². The summed E-state index contributed by atoms with van der Waals surface area (Å²) in [6, 6.07) is 10.6. The second-order valence-corrected chi connectivity index (χ2v) is 11.0. The molecule has 2 unspecified atom stereocenters. The second kappa shape index (κ2) is 10.1. The molecule has 5 heterocycles. The molecule has 0 aliphatic carbocycles. The maximum atomic E-state index is 6.54. The highest BCUT2D eigenvalue weighted by Gasteiger charge is 2.37. The number of fused-ring (bicyclic) bond motifs is 5. The predicted octanol–water partition coefficient (Wildman–Crippen LogP) is 5.37. The average molecular weight is 526 g/mol. The minimum absolute atomic E-state index is 0.149. The molecule has 0 saturated carbocycles. The topological polar surface area (TPSA) is 47.9 Å². The van der Waals surface area contributed by atoms with Crippen LogP contribution in [0.2, 0.25) is 0 Å². The molecule has 3 aliphatic rings. The molecule has 1 fully saturated rings. The molecule has 0 N–H and O–H groups in total. The highest BCUT2D eigenvalue weighted by atomic mass is 15.4. The second-order valence-electron chi connectivity index (χ2n) is 11.0. The summed E-state index contributed by atoms with van der Waals surface area (Å²) in [7, 11) is 6.54. The lowest BCUT2D eigenvalue weighted by Crippen LogP contribution is -2.54. The van der Waals surface area contributed by atoms with Crippen molar-refractivity contribution < 1.29 is 0 Å². The Morgan fingerprint density at radius 2 is 2.00 bits per heavy atom. The van der Waals surface area contributed by atoms with Crippen molar-refractivity contribution in [1.29, 1.82) is 0 Å². The number of aliphatic imine (C=N–C) groups is 1. The predicted molar refractivity (Wildman–Crippen MR) is 166 cm³/mol. The molecule has 0 bridgehead atoms. The Morgan fingerprint density at radius 1 is 1.18 bits per heavy atom. The highest BCUT2D eigenvalue weighted by molar-refractivity contribution is 6.36. The minimum atomic E-state index is 0.149. The summed E-state index contributed by atoms with van der Waals surface area (Å²) in [4.78, 5) is 22.1. The van der Waals surface area contributed by atoms with Crippen molar-refractivity contribution in [2.75, 3.05) is 24.5 Å². The molecule has 6 nitrogen and oxygen atoms in total. The van der Waals surface area contributed by atoms with E-state index in [1.807, 2.05) is 30.6 Å². The Balaban J connectivity index is 1.54. The van der Waals surface area contributed by atoms with Crippen LogP contribution in [0.5, 0.6) is 0 Å². The van der Waals surface area contributed by atoms with E-state index in [-0.39, 0.29) is 12.0 Å². The lowest BCUT2D eigenvalue weighted by molar-refractivity contribution is 0.171. The zero-order chi connectivity index (χ0) is 28.1. The van der Waals surface area contributed by atoms with Gasteiger partial charge in [-0.1, -0.05) is 50.7 Å². The molecule has 2 atom stereocenters. The summed E-state index contributed by atoms with van der Waals surface area (Å²) < 4.78 is 0. The summed E-state index contributed by atoms with van der Waals surface area (Å²) in [5, 5.41) is 0. The van der Waals surface area contributed by atoms with Crippen molar-refractivity contribution in [3.63, 3.8) is 0 Å². The van der Waals surface area contributed by atoms with Crippen molar-refractivity contribution in [2.24, 2.45) is 4.99 Å². The molecule has 3 aromatic rings. The van der Waals surface area contributed by atoms with Crippen LogP contribution < -0.4 is 10.4 Å². The van der Waals surface area contributed by atoms with Crippen LogP contribution in [-0.2, 0) is 6.42 Å². The Bertz CT molecular complexity index is 1590. The van der Waals surface area contributed by atoms with Gasteiger partial charge in [0.05, 0.1) is 28.3 Å². The zero-order valence-electron chi connectivity index (χ0n) is 23.9. The summed E-state index contributed by atoms with van der Waals surface area (Å²) >= 11 is 0. The third-order valence-electron chi connectivity index (χ3n) is 8.38. The van der Waals surface area contributed by atoms with Gasteiger partial charge >= 0.3 is 0 Å². The van der Waals surface area contributed by atoms with Crippen molar-refractivity contribution in [2.45, 2.75) is 46.1 Å². The first-order valence-corrected chi connectivity index (χ1v) is 14.1. The molecule has 1 aromatic carbocycles. The molecule has 0 amide bonds. The van der Waals surface area contributed by atoms with Gasteiger partial charge in [-0.05, 0) is 61.2 Å². The van der Waals surface area contributed by atoms with Gasteiger partial charge in [-0.3, -0.25) is 14.9 Å². The van der Waals surface area contributed by atoms with Gasteiger partial charge < -0.3 is 9.80 Å². The van der Waals surface area contributed by atoms with Crippen LogP contribution in [0.3, 0.4) is 0 Å². The molecule has 2 radical (unpaired) electrons. The van der Waals surface area contributed by atoms with Gasteiger partial charge in [0, 0.05) is 49.7 Å². The number of hydrogen-bond acceptors (Lipinski definition) is 6. The van der Waals surface area contributed by atoms with E-state index in [0.29, 0.717) is 0 Å². The van der Waals surface area contributed by atoms with Crippen LogP contribution in [0.4, 0.5) is 11.4 Å². The van der Waals surface area contributed by atoms with Crippen LogP contribution in [0.25, 0.3) is 11.3 Å². The highest BCUT2D eigenvalue weighted by Crippen LogP contribution is 2.47. The molecule has 0 spiro atoms. The van der Waals surface area contributed by atoms with E-state index in [1.165, 1.54) is 11.1 Å². The standard InChI is InChI=1S/C33H35BN6/c1-7-22(5)38-14-15-39(23(6)19-38)33-25-18-36-27(30-24(8-2)10-9-11-26(30)34)17-28(25)40-29(37-33)16-21(4)31-32(40)20(3)12-13-35-31/h7,9-13,16-18,21,23H,1,5,8,14-15,19H2,2-4,6H3. The minimum Gasteiger partial charge on any atom is -0.368 e. The lowest BCUT2D eigenvalue weighted by atomic mass is 9.85. The van der Waals surface area contributed by atoms with Gasteiger partial charge in [0.15, 0.2) is 0 Å². The van der Waals surface area contributed by atoms with Crippen molar-refractivity contribution in [3.8, 4) is 11.3 Å². The van der Waals surface area contributed by atoms with Crippen molar-refractivity contribution in [1.82, 2.24) is 19.8 Å². The van der Waals surface area contributed by atoms with Crippen LogP contribution in [0.1, 0.15) is 49.1 Å². The Kier molecular flexibility index (Phi) is 6.61.